The van der Waals surface area contributed by atoms with Crippen LogP contribution in [0, 0.1) is 0 Å². The smallest absolute Gasteiger partial charge is 0.176 e. The first-order valence-corrected chi connectivity index (χ1v) is 7.13. The van der Waals surface area contributed by atoms with E-state index in [2.05, 4.69) is 45.7 Å². The van der Waals surface area contributed by atoms with Crippen molar-refractivity contribution in [3.8, 4) is 0 Å². The van der Waals surface area contributed by atoms with Crippen molar-refractivity contribution < 1.29 is 0 Å². The Morgan fingerprint density at radius 2 is 2.05 bits per heavy atom. The molecule has 7 nitrogen and oxygen atoms in total. The van der Waals surface area contributed by atoms with Crippen molar-refractivity contribution in [2.45, 2.75) is 39.2 Å². The summed E-state index contributed by atoms with van der Waals surface area (Å²) in [5.41, 5.74) is 2.28. The van der Waals surface area contributed by atoms with Crippen molar-refractivity contribution in [3.63, 3.8) is 0 Å². The van der Waals surface area contributed by atoms with Crippen LogP contribution in [0.25, 0.3) is 0 Å². The van der Waals surface area contributed by atoms with Gasteiger partial charge in [-0.15, -0.1) is 10.2 Å². The largest absolute Gasteiger partial charge is 0.308 e. The number of hydrogen-bond acceptors (Lipinski definition) is 5. The molecular formula is C13H23N7. The predicted molar refractivity (Wildman–Crippen MR) is 76.1 cm³/mol. The summed E-state index contributed by atoms with van der Waals surface area (Å²) in [6.07, 6.45) is 2.75. The average molecular weight is 277 g/mol. The Morgan fingerprint density at radius 3 is 2.60 bits per heavy atom. The van der Waals surface area contributed by atoms with E-state index in [4.69, 9.17) is 0 Å². The molecule has 0 radical (unpaired) electrons. The lowest BCUT2D eigenvalue weighted by molar-refractivity contribution is 0.483. The summed E-state index contributed by atoms with van der Waals surface area (Å²) in [5.74, 6) is 0.750. The van der Waals surface area contributed by atoms with E-state index in [1.807, 2.05) is 11.7 Å². The molecule has 1 atom stereocenters. The normalized spacial score (nSPS) is 12.8. The SMILES string of the molecule is CCCNC(Cc1nnn(C)n1)c1cc(CC)nn1C. The van der Waals surface area contributed by atoms with Crippen molar-refractivity contribution in [1.29, 1.82) is 0 Å². The highest BCUT2D eigenvalue weighted by molar-refractivity contribution is 5.15. The van der Waals surface area contributed by atoms with Crippen LogP contribution < -0.4 is 5.32 Å². The zero-order valence-electron chi connectivity index (χ0n) is 12.7. The zero-order chi connectivity index (χ0) is 14.5. The van der Waals surface area contributed by atoms with Gasteiger partial charge in [0.1, 0.15) is 0 Å². The minimum atomic E-state index is 0.164. The van der Waals surface area contributed by atoms with Gasteiger partial charge in [-0.3, -0.25) is 4.68 Å². The molecule has 1 unspecified atom stereocenters. The first-order chi connectivity index (χ1) is 9.63. The van der Waals surface area contributed by atoms with E-state index in [9.17, 15) is 0 Å². The highest BCUT2D eigenvalue weighted by atomic mass is 15.6. The number of nitrogens with zero attached hydrogens (tertiary/aromatic N) is 6. The standard InChI is InChI=1S/C13H23N7/c1-5-7-14-11(9-13-15-18-20(4)17-13)12-8-10(6-2)16-19(12)3/h8,11,14H,5-7,9H2,1-4H3. The lowest BCUT2D eigenvalue weighted by atomic mass is 10.1. The van der Waals surface area contributed by atoms with E-state index in [0.717, 1.165) is 37.3 Å². The van der Waals surface area contributed by atoms with Gasteiger partial charge in [0.15, 0.2) is 5.82 Å². The van der Waals surface area contributed by atoms with Gasteiger partial charge in [-0.2, -0.15) is 9.90 Å². The third-order valence-electron chi connectivity index (χ3n) is 3.26. The Kier molecular flexibility index (Phi) is 4.84. The second-order valence-corrected chi connectivity index (χ2v) is 4.94. The van der Waals surface area contributed by atoms with Crippen LogP contribution in [-0.4, -0.2) is 36.5 Å². The predicted octanol–water partition coefficient (Wildman–Crippen LogP) is 0.789. The molecule has 110 valence electrons. The number of hydrogen-bond donors (Lipinski definition) is 1. The molecule has 0 saturated heterocycles. The molecule has 0 bridgehead atoms. The molecule has 0 amide bonds. The minimum Gasteiger partial charge on any atom is -0.308 e. The third kappa shape index (κ3) is 3.41. The number of aryl methyl sites for hydroxylation is 3. The minimum absolute atomic E-state index is 0.164. The number of aromatic nitrogens is 6. The van der Waals surface area contributed by atoms with Crippen molar-refractivity contribution in [3.05, 3.63) is 23.3 Å². The van der Waals surface area contributed by atoms with Gasteiger partial charge in [0, 0.05) is 13.5 Å². The molecular weight excluding hydrogens is 254 g/mol. The molecule has 0 aromatic carbocycles. The molecule has 0 saturated carbocycles. The van der Waals surface area contributed by atoms with Crippen LogP contribution in [0.1, 0.15) is 43.5 Å². The summed E-state index contributed by atoms with van der Waals surface area (Å²) < 4.78 is 1.95. The summed E-state index contributed by atoms with van der Waals surface area (Å²) in [6, 6.07) is 2.32. The Hall–Kier alpha value is -1.76. The van der Waals surface area contributed by atoms with Gasteiger partial charge in [0.05, 0.1) is 24.5 Å². The molecule has 20 heavy (non-hydrogen) atoms. The van der Waals surface area contributed by atoms with Crippen LogP contribution in [0.5, 0.6) is 0 Å². The Balaban J connectivity index is 2.19. The third-order valence-corrected chi connectivity index (χ3v) is 3.26. The van der Waals surface area contributed by atoms with Gasteiger partial charge in [0.25, 0.3) is 0 Å². The first-order valence-electron chi connectivity index (χ1n) is 7.13. The van der Waals surface area contributed by atoms with E-state index < -0.39 is 0 Å². The highest BCUT2D eigenvalue weighted by Gasteiger charge is 2.18. The summed E-state index contributed by atoms with van der Waals surface area (Å²) in [4.78, 5) is 1.49. The van der Waals surface area contributed by atoms with Crippen LogP contribution in [0.15, 0.2) is 6.07 Å². The summed E-state index contributed by atoms with van der Waals surface area (Å²) in [5, 5.41) is 20.3. The summed E-state index contributed by atoms with van der Waals surface area (Å²) >= 11 is 0. The van der Waals surface area contributed by atoms with Crippen LogP contribution in [0.4, 0.5) is 0 Å². The van der Waals surface area contributed by atoms with Gasteiger partial charge in [-0.05, 0) is 30.7 Å². The van der Waals surface area contributed by atoms with Gasteiger partial charge < -0.3 is 5.32 Å². The molecule has 1 N–H and O–H groups in total. The maximum absolute atomic E-state index is 4.52. The second-order valence-electron chi connectivity index (χ2n) is 4.94. The summed E-state index contributed by atoms with van der Waals surface area (Å²) in [7, 11) is 3.77. The lowest BCUT2D eigenvalue weighted by Gasteiger charge is -2.17. The average Bonchev–Trinajstić information content (AvgIpc) is 3.00. The van der Waals surface area contributed by atoms with Crippen LogP contribution >= 0.6 is 0 Å². The molecule has 2 aromatic rings. The second kappa shape index (κ2) is 6.60. The fourth-order valence-corrected chi connectivity index (χ4v) is 2.23. The van der Waals surface area contributed by atoms with Crippen LogP contribution in [0.2, 0.25) is 0 Å². The monoisotopic (exact) mass is 277 g/mol. The molecule has 2 heterocycles. The maximum Gasteiger partial charge on any atom is 0.176 e. The molecule has 7 heteroatoms. The fraction of sp³-hybridized carbons (Fsp3) is 0.692. The van der Waals surface area contributed by atoms with Gasteiger partial charge >= 0.3 is 0 Å². The number of rotatable bonds is 7. The highest BCUT2D eigenvalue weighted by Crippen LogP contribution is 2.17. The summed E-state index contributed by atoms with van der Waals surface area (Å²) in [6.45, 7) is 5.23. The van der Waals surface area contributed by atoms with E-state index in [1.54, 1.807) is 7.05 Å². The molecule has 0 spiro atoms. The van der Waals surface area contributed by atoms with Crippen molar-refractivity contribution in [2.75, 3.05) is 6.54 Å². The molecule has 2 rings (SSSR count). The van der Waals surface area contributed by atoms with E-state index in [1.165, 1.54) is 10.5 Å². The van der Waals surface area contributed by atoms with E-state index in [-0.39, 0.29) is 6.04 Å². The molecule has 0 aliphatic rings. The van der Waals surface area contributed by atoms with E-state index in [0.29, 0.717) is 0 Å². The molecule has 2 aromatic heterocycles. The van der Waals surface area contributed by atoms with Gasteiger partial charge in [0.2, 0.25) is 0 Å². The van der Waals surface area contributed by atoms with Crippen LogP contribution in [-0.2, 0) is 26.9 Å². The zero-order valence-corrected chi connectivity index (χ0v) is 12.7. The Morgan fingerprint density at radius 1 is 1.25 bits per heavy atom. The fourth-order valence-electron chi connectivity index (χ4n) is 2.23. The van der Waals surface area contributed by atoms with Gasteiger partial charge in [-0.25, -0.2) is 0 Å². The Labute approximate surface area is 119 Å². The van der Waals surface area contributed by atoms with E-state index >= 15 is 0 Å². The van der Waals surface area contributed by atoms with Gasteiger partial charge in [-0.1, -0.05) is 13.8 Å². The number of nitrogens with one attached hydrogen (secondary N) is 1. The molecule has 0 aliphatic heterocycles. The van der Waals surface area contributed by atoms with Crippen molar-refractivity contribution in [1.82, 2.24) is 35.3 Å². The topological polar surface area (TPSA) is 73.5 Å². The number of tetrazole rings is 1. The lowest BCUT2D eigenvalue weighted by Crippen LogP contribution is -2.26. The molecule has 0 aliphatic carbocycles. The Bertz CT molecular complexity index is 543. The molecule has 0 fully saturated rings. The maximum atomic E-state index is 4.52. The van der Waals surface area contributed by atoms with Crippen molar-refractivity contribution >= 4 is 0 Å². The van der Waals surface area contributed by atoms with Crippen LogP contribution in [0.3, 0.4) is 0 Å². The van der Waals surface area contributed by atoms with Crippen molar-refractivity contribution in [2.24, 2.45) is 14.1 Å². The quantitative estimate of drug-likeness (QED) is 0.810. The first kappa shape index (κ1) is 14.6.